The molecule has 25 heavy (non-hydrogen) atoms. The maximum Gasteiger partial charge on any atom is 0.328 e. The third-order valence-corrected chi connectivity index (χ3v) is 3.32. The fourth-order valence-electron chi connectivity index (χ4n) is 1.89. The number of halogens is 1. The number of carbonyl (C=O) groups is 3. The largest absolute Gasteiger partial charge is 0.481 e. The molecule has 7 nitrogen and oxygen atoms in total. The van der Waals surface area contributed by atoms with Gasteiger partial charge in [0.05, 0.1) is 13.7 Å². The molecule has 2 amide bonds. The highest BCUT2D eigenvalue weighted by Crippen LogP contribution is 2.13. The number of amides is 2. The third kappa shape index (κ3) is 7.59. The van der Waals surface area contributed by atoms with E-state index in [4.69, 9.17) is 27.5 Å². The van der Waals surface area contributed by atoms with E-state index >= 15 is 0 Å². The lowest BCUT2D eigenvalue weighted by molar-refractivity contribution is -0.144. The molecule has 2 N–H and O–H groups in total. The first-order valence-corrected chi connectivity index (χ1v) is 7.88. The number of ether oxygens (including phenoxy) is 2. The summed E-state index contributed by atoms with van der Waals surface area (Å²) in [5.41, 5.74) is 0.786. The maximum atomic E-state index is 11.9. The Bertz CT molecular complexity index is 639. The van der Waals surface area contributed by atoms with E-state index in [9.17, 15) is 14.4 Å². The van der Waals surface area contributed by atoms with Crippen molar-refractivity contribution < 1.29 is 23.9 Å². The zero-order valence-corrected chi connectivity index (χ0v) is 14.5. The van der Waals surface area contributed by atoms with E-state index < -0.39 is 23.8 Å². The van der Waals surface area contributed by atoms with Gasteiger partial charge in [0.1, 0.15) is 24.3 Å². The van der Waals surface area contributed by atoms with Gasteiger partial charge in [0, 0.05) is 6.42 Å². The molecule has 0 aliphatic heterocycles. The average molecular weight is 367 g/mol. The summed E-state index contributed by atoms with van der Waals surface area (Å²) in [7, 11) is 1.23. The van der Waals surface area contributed by atoms with Gasteiger partial charge in [0.15, 0.2) is 0 Å². The molecule has 0 saturated carbocycles. The molecule has 0 spiro atoms. The number of rotatable bonds is 9. The first-order valence-electron chi connectivity index (χ1n) is 7.35. The first kappa shape index (κ1) is 20.3. The van der Waals surface area contributed by atoms with Gasteiger partial charge in [-0.15, -0.1) is 18.0 Å². The standard InChI is InChI=1S/C17H19ClN2O5/c1-3-8-25-13-6-4-12(5-7-13)9-14(17(23)24-2)20-16(22)11-19-15(21)10-18/h1,4-7,14H,8-11H2,2H3,(H,19,21)(H,20,22)/t14-/m0/s1. The minimum Gasteiger partial charge on any atom is -0.481 e. The van der Waals surface area contributed by atoms with Crippen LogP contribution in [0.2, 0.25) is 0 Å². The number of carbonyl (C=O) groups excluding carboxylic acids is 3. The Hall–Kier alpha value is -2.72. The van der Waals surface area contributed by atoms with Crippen molar-refractivity contribution in [1.82, 2.24) is 10.6 Å². The van der Waals surface area contributed by atoms with Crippen molar-refractivity contribution in [3.05, 3.63) is 29.8 Å². The molecule has 0 aromatic heterocycles. The van der Waals surface area contributed by atoms with Crippen LogP contribution < -0.4 is 15.4 Å². The molecule has 0 aliphatic rings. The highest BCUT2D eigenvalue weighted by atomic mass is 35.5. The maximum absolute atomic E-state index is 11.9. The predicted octanol–water partition coefficient (Wildman–Crippen LogP) is 0.254. The zero-order chi connectivity index (χ0) is 18.7. The van der Waals surface area contributed by atoms with E-state index in [-0.39, 0.29) is 25.5 Å². The molecule has 8 heteroatoms. The first-order chi connectivity index (χ1) is 12.0. The van der Waals surface area contributed by atoms with Crippen molar-refractivity contribution in [1.29, 1.82) is 0 Å². The number of methoxy groups -OCH3 is 1. The highest BCUT2D eigenvalue weighted by molar-refractivity contribution is 6.27. The van der Waals surface area contributed by atoms with Gasteiger partial charge in [-0.05, 0) is 17.7 Å². The van der Waals surface area contributed by atoms with E-state index in [1.807, 2.05) is 0 Å². The summed E-state index contributed by atoms with van der Waals surface area (Å²) in [6.45, 7) is -0.119. The van der Waals surface area contributed by atoms with Crippen LogP contribution in [-0.4, -0.2) is 50.0 Å². The summed E-state index contributed by atoms with van der Waals surface area (Å²) < 4.78 is 9.96. The zero-order valence-electron chi connectivity index (χ0n) is 13.7. The summed E-state index contributed by atoms with van der Waals surface area (Å²) in [4.78, 5) is 34.8. The van der Waals surface area contributed by atoms with E-state index in [1.54, 1.807) is 24.3 Å². The monoisotopic (exact) mass is 366 g/mol. The Labute approximate surface area is 151 Å². The van der Waals surface area contributed by atoms with Crippen LogP contribution in [0.25, 0.3) is 0 Å². The van der Waals surface area contributed by atoms with Gasteiger partial charge in [-0.1, -0.05) is 18.1 Å². The number of alkyl halides is 1. The Morgan fingerprint density at radius 2 is 1.92 bits per heavy atom. The molecule has 0 bridgehead atoms. The van der Waals surface area contributed by atoms with Crippen LogP contribution in [0.15, 0.2) is 24.3 Å². The van der Waals surface area contributed by atoms with Gasteiger partial charge >= 0.3 is 5.97 Å². The molecule has 1 aromatic carbocycles. The van der Waals surface area contributed by atoms with Gasteiger partial charge in [-0.2, -0.15) is 0 Å². The van der Waals surface area contributed by atoms with Crippen molar-refractivity contribution in [3.63, 3.8) is 0 Å². The minimum absolute atomic E-state index is 0.161. The normalized spacial score (nSPS) is 10.9. The lowest BCUT2D eigenvalue weighted by Crippen LogP contribution is -2.47. The van der Waals surface area contributed by atoms with Crippen LogP contribution in [0.3, 0.4) is 0 Å². The number of esters is 1. The predicted molar refractivity (Wildman–Crippen MR) is 92.2 cm³/mol. The van der Waals surface area contributed by atoms with E-state index in [0.717, 1.165) is 5.56 Å². The van der Waals surface area contributed by atoms with Crippen molar-refractivity contribution in [2.24, 2.45) is 0 Å². The van der Waals surface area contributed by atoms with Gasteiger partial charge < -0.3 is 20.1 Å². The molecule has 0 heterocycles. The highest BCUT2D eigenvalue weighted by Gasteiger charge is 2.22. The van der Waals surface area contributed by atoms with Gasteiger partial charge in [0.25, 0.3) is 0 Å². The van der Waals surface area contributed by atoms with Gasteiger partial charge in [0.2, 0.25) is 11.8 Å². The van der Waals surface area contributed by atoms with Crippen LogP contribution in [0, 0.1) is 12.3 Å². The second-order valence-corrected chi connectivity index (χ2v) is 5.16. The molecule has 0 unspecified atom stereocenters. The molecule has 1 atom stereocenters. The van der Waals surface area contributed by atoms with Crippen LogP contribution >= 0.6 is 11.6 Å². The number of benzene rings is 1. The van der Waals surface area contributed by atoms with E-state index in [0.29, 0.717) is 5.75 Å². The van der Waals surface area contributed by atoms with Crippen molar-refractivity contribution in [2.75, 3.05) is 26.1 Å². The Morgan fingerprint density at radius 1 is 1.24 bits per heavy atom. The van der Waals surface area contributed by atoms with E-state index in [1.165, 1.54) is 7.11 Å². The van der Waals surface area contributed by atoms with Crippen molar-refractivity contribution in [3.8, 4) is 18.1 Å². The topological polar surface area (TPSA) is 93.7 Å². The Balaban J connectivity index is 2.66. The third-order valence-electron chi connectivity index (χ3n) is 3.07. The number of nitrogens with one attached hydrogen (secondary N) is 2. The lowest BCUT2D eigenvalue weighted by atomic mass is 10.1. The SMILES string of the molecule is C#CCOc1ccc(C[C@H](NC(=O)CNC(=O)CCl)C(=O)OC)cc1. The molecular weight excluding hydrogens is 348 g/mol. The minimum atomic E-state index is -0.886. The van der Waals surface area contributed by atoms with Crippen LogP contribution in [-0.2, 0) is 25.5 Å². The fourth-order valence-corrected chi connectivity index (χ4v) is 1.98. The summed E-state index contributed by atoms with van der Waals surface area (Å²) in [6.07, 6.45) is 5.34. The van der Waals surface area contributed by atoms with Gasteiger partial charge in [-0.3, -0.25) is 9.59 Å². The molecule has 1 aromatic rings. The van der Waals surface area contributed by atoms with Crippen molar-refractivity contribution in [2.45, 2.75) is 12.5 Å². The van der Waals surface area contributed by atoms with Gasteiger partial charge in [-0.25, -0.2) is 4.79 Å². The second kappa shape index (κ2) is 10.9. The molecule has 0 saturated heterocycles. The summed E-state index contributed by atoms with van der Waals surface area (Å²) in [5, 5.41) is 4.83. The summed E-state index contributed by atoms with van der Waals surface area (Å²) >= 11 is 5.33. The molecular formula is C17H19ClN2O5. The molecule has 134 valence electrons. The second-order valence-electron chi connectivity index (χ2n) is 4.89. The average Bonchev–Trinajstić information content (AvgIpc) is 2.64. The van der Waals surface area contributed by atoms with Crippen LogP contribution in [0.5, 0.6) is 5.75 Å². The number of hydrogen-bond donors (Lipinski definition) is 2. The Kier molecular flexibility index (Phi) is 8.90. The molecule has 1 rings (SSSR count). The summed E-state index contributed by atoms with van der Waals surface area (Å²) in [5.74, 6) is 1.12. The number of hydrogen-bond acceptors (Lipinski definition) is 5. The van der Waals surface area contributed by atoms with Crippen LogP contribution in [0.4, 0.5) is 0 Å². The summed E-state index contributed by atoms with van der Waals surface area (Å²) in [6, 6.07) is 6.04. The van der Waals surface area contributed by atoms with Crippen molar-refractivity contribution >= 4 is 29.4 Å². The molecule has 0 radical (unpaired) electrons. The smallest absolute Gasteiger partial charge is 0.328 e. The quantitative estimate of drug-likeness (QED) is 0.371. The molecule has 0 fully saturated rings. The number of terminal acetylenes is 1. The van der Waals surface area contributed by atoms with Crippen LogP contribution in [0.1, 0.15) is 5.56 Å². The molecule has 0 aliphatic carbocycles. The Morgan fingerprint density at radius 3 is 2.48 bits per heavy atom. The fraction of sp³-hybridized carbons (Fsp3) is 0.353. The lowest BCUT2D eigenvalue weighted by Gasteiger charge is -2.17. The van der Waals surface area contributed by atoms with E-state index in [2.05, 4.69) is 16.6 Å².